The van der Waals surface area contributed by atoms with Crippen LogP contribution in [0.15, 0.2) is 30.5 Å². The molecule has 1 aromatic heterocycles. The Morgan fingerprint density at radius 3 is 3.00 bits per heavy atom. The van der Waals surface area contributed by atoms with Gasteiger partial charge in [-0.05, 0) is 36.4 Å². The summed E-state index contributed by atoms with van der Waals surface area (Å²) >= 11 is 0. The van der Waals surface area contributed by atoms with E-state index in [-0.39, 0.29) is 6.10 Å². The molecule has 1 heterocycles. The van der Waals surface area contributed by atoms with Gasteiger partial charge in [0.2, 0.25) is 0 Å². The van der Waals surface area contributed by atoms with Crippen LogP contribution in [0.2, 0.25) is 0 Å². The van der Waals surface area contributed by atoms with Crippen LogP contribution in [0, 0.1) is 0 Å². The van der Waals surface area contributed by atoms with E-state index in [1.54, 1.807) is 6.92 Å². The van der Waals surface area contributed by atoms with E-state index in [0.29, 0.717) is 0 Å². The van der Waals surface area contributed by atoms with Gasteiger partial charge in [0.1, 0.15) is 0 Å². The Bertz CT molecular complexity index is 403. The van der Waals surface area contributed by atoms with Crippen molar-refractivity contribution in [1.82, 2.24) is 4.98 Å². The van der Waals surface area contributed by atoms with E-state index >= 15 is 0 Å². The maximum absolute atomic E-state index is 9.22. The average molecular weight is 175 g/mol. The molecule has 0 bridgehead atoms. The Hall–Kier alpha value is -1.28. The van der Waals surface area contributed by atoms with E-state index in [1.807, 2.05) is 12.3 Å². The molecule has 0 aliphatic heterocycles. The Morgan fingerprint density at radius 1 is 1.38 bits per heavy atom. The number of H-pyrrole nitrogens is 1. The molecule has 1 atom stereocenters. The van der Waals surface area contributed by atoms with Crippen LogP contribution in [0.25, 0.3) is 10.9 Å². The van der Waals surface area contributed by atoms with Crippen molar-refractivity contribution in [3.63, 3.8) is 0 Å². The number of hydrogen-bond acceptors (Lipinski definition) is 1. The Balaban J connectivity index is 2.37. The molecule has 0 aliphatic rings. The van der Waals surface area contributed by atoms with Crippen molar-refractivity contribution >= 4 is 10.9 Å². The first-order valence-electron chi connectivity index (χ1n) is 4.50. The van der Waals surface area contributed by atoms with Crippen molar-refractivity contribution in [2.24, 2.45) is 0 Å². The lowest BCUT2D eigenvalue weighted by atomic mass is 10.1. The minimum Gasteiger partial charge on any atom is -0.393 e. The van der Waals surface area contributed by atoms with Gasteiger partial charge < -0.3 is 10.1 Å². The van der Waals surface area contributed by atoms with Crippen LogP contribution in [-0.2, 0) is 6.42 Å². The summed E-state index contributed by atoms with van der Waals surface area (Å²) in [7, 11) is 0. The Labute approximate surface area is 77.2 Å². The van der Waals surface area contributed by atoms with Gasteiger partial charge in [0.25, 0.3) is 0 Å². The molecule has 68 valence electrons. The molecule has 13 heavy (non-hydrogen) atoms. The minimum absolute atomic E-state index is 0.271. The van der Waals surface area contributed by atoms with Gasteiger partial charge in [-0.3, -0.25) is 0 Å². The molecular formula is C11H13NO. The number of hydrogen-bond donors (Lipinski definition) is 2. The minimum atomic E-state index is -0.271. The molecule has 2 N–H and O–H groups in total. The summed E-state index contributed by atoms with van der Waals surface area (Å²) in [6, 6.07) is 8.26. The van der Waals surface area contributed by atoms with Crippen molar-refractivity contribution in [1.29, 1.82) is 0 Å². The van der Waals surface area contributed by atoms with Gasteiger partial charge in [0, 0.05) is 11.7 Å². The van der Waals surface area contributed by atoms with Gasteiger partial charge in [-0.25, -0.2) is 0 Å². The number of aromatic nitrogens is 1. The summed E-state index contributed by atoms with van der Waals surface area (Å²) in [5.74, 6) is 0. The van der Waals surface area contributed by atoms with Gasteiger partial charge in [-0.2, -0.15) is 0 Å². The molecule has 0 spiro atoms. The highest BCUT2D eigenvalue weighted by molar-refractivity contribution is 5.79. The quantitative estimate of drug-likeness (QED) is 0.720. The maximum atomic E-state index is 9.22. The molecule has 2 aromatic rings. The predicted molar refractivity (Wildman–Crippen MR) is 53.7 cm³/mol. The van der Waals surface area contributed by atoms with Crippen molar-refractivity contribution in [3.05, 3.63) is 36.0 Å². The number of aliphatic hydroxyl groups is 1. The van der Waals surface area contributed by atoms with E-state index in [4.69, 9.17) is 0 Å². The molecule has 0 amide bonds. The second kappa shape index (κ2) is 3.23. The third-order valence-electron chi connectivity index (χ3n) is 2.15. The summed E-state index contributed by atoms with van der Waals surface area (Å²) in [6.45, 7) is 1.80. The molecule has 0 radical (unpaired) electrons. The number of aliphatic hydroxyl groups excluding tert-OH is 1. The van der Waals surface area contributed by atoms with Crippen LogP contribution in [0.3, 0.4) is 0 Å². The van der Waals surface area contributed by atoms with Crippen LogP contribution in [-0.4, -0.2) is 16.2 Å². The van der Waals surface area contributed by atoms with E-state index in [1.165, 1.54) is 10.9 Å². The Kier molecular flexibility index (Phi) is 2.07. The Morgan fingerprint density at radius 2 is 2.23 bits per heavy atom. The number of nitrogens with one attached hydrogen (secondary N) is 1. The lowest BCUT2D eigenvalue weighted by Crippen LogP contribution is -2.03. The number of benzene rings is 1. The fraction of sp³-hybridized carbons (Fsp3) is 0.273. The first-order chi connectivity index (χ1) is 6.25. The standard InChI is InChI=1S/C11H13NO/c1-8(13)6-9-2-3-10-4-5-12-11(10)7-9/h2-5,7-8,12-13H,6H2,1H3/t8-/m1/s1. The lowest BCUT2D eigenvalue weighted by Gasteiger charge is -2.03. The second-order valence-corrected chi connectivity index (χ2v) is 3.45. The fourth-order valence-corrected chi connectivity index (χ4v) is 1.56. The zero-order chi connectivity index (χ0) is 9.26. The van der Waals surface area contributed by atoms with E-state index in [2.05, 4.69) is 23.2 Å². The van der Waals surface area contributed by atoms with Crippen LogP contribution in [0.4, 0.5) is 0 Å². The maximum Gasteiger partial charge on any atom is 0.0552 e. The highest BCUT2D eigenvalue weighted by atomic mass is 16.3. The molecule has 0 saturated heterocycles. The van der Waals surface area contributed by atoms with Crippen molar-refractivity contribution in [2.45, 2.75) is 19.4 Å². The molecule has 2 heteroatoms. The molecule has 0 unspecified atom stereocenters. The van der Waals surface area contributed by atoms with Gasteiger partial charge in [-0.1, -0.05) is 12.1 Å². The van der Waals surface area contributed by atoms with E-state index < -0.39 is 0 Å². The molecule has 2 rings (SSSR count). The molecule has 2 nitrogen and oxygen atoms in total. The molecule has 0 saturated carbocycles. The third-order valence-corrected chi connectivity index (χ3v) is 2.15. The zero-order valence-corrected chi connectivity index (χ0v) is 7.62. The second-order valence-electron chi connectivity index (χ2n) is 3.45. The zero-order valence-electron chi connectivity index (χ0n) is 7.62. The molecule has 0 aliphatic carbocycles. The summed E-state index contributed by atoms with van der Waals surface area (Å²) in [5.41, 5.74) is 2.31. The smallest absolute Gasteiger partial charge is 0.0552 e. The van der Waals surface area contributed by atoms with Crippen LogP contribution < -0.4 is 0 Å². The SMILES string of the molecule is C[C@@H](O)Cc1ccc2cc[nH]c2c1. The predicted octanol–water partition coefficient (Wildman–Crippen LogP) is 2.09. The molecule has 1 aromatic carbocycles. The van der Waals surface area contributed by atoms with E-state index in [0.717, 1.165) is 11.9 Å². The molecule has 0 fully saturated rings. The van der Waals surface area contributed by atoms with Crippen molar-refractivity contribution < 1.29 is 5.11 Å². The summed E-state index contributed by atoms with van der Waals surface area (Å²) < 4.78 is 0. The van der Waals surface area contributed by atoms with Crippen LogP contribution in [0.5, 0.6) is 0 Å². The topological polar surface area (TPSA) is 36.0 Å². The van der Waals surface area contributed by atoms with Crippen LogP contribution in [0.1, 0.15) is 12.5 Å². The lowest BCUT2D eigenvalue weighted by molar-refractivity contribution is 0.195. The highest BCUT2D eigenvalue weighted by Gasteiger charge is 2.00. The van der Waals surface area contributed by atoms with Crippen molar-refractivity contribution in [2.75, 3.05) is 0 Å². The average Bonchev–Trinajstić information content (AvgIpc) is 2.49. The fourth-order valence-electron chi connectivity index (χ4n) is 1.56. The largest absolute Gasteiger partial charge is 0.393 e. The summed E-state index contributed by atoms with van der Waals surface area (Å²) in [4.78, 5) is 3.15. The highest BCUT2D eigenvalue weighted by Crippen LogP contribution is 2.15. The molecular weight excluding hydrogens is 162 g/mol. The van der Waals surface area contributed by atoms with Gasteiger partial charge >= 0.3 is 0 Å². The first kappa shape index (κ1) is 8.32. The number of fused-ring (bicyclic) bond motifs is 1. The summed E-state index contributed by atoms with van der Waals surface area (Å²) in [5, 5.41) is 10.4. The van der Waals surface area contributed by atoms with Gasteiger partial charge in [0.05, 0.1) is 6.10 Å². The van der Waals surface area contributed by atoms with Gasteiger partial charge in [0.15, 0.2) is 0 Å². The van der Waals surface area contributed by atoms with Gasteiger partial charge in [-0.15, -0.1) is 0 Å². The van der Waals surface area contributed by atoms with Crippen molar-refractivity contribution in [3.8, 4) is 0 Å². The monoisotopic (exact) mass is 175 g/mol. The number of rotatable bonds is 2. The van der Waals surface area contributed by atoms with Crippen LogP contribution >= 0.6 is 0 Å². The third kappa shape index (κ3) is 1.73. The summed E-state index contributed by atoms with van der Waals surface area (Å²) in [6.07, 6.45) is 2.37. The normalized spacial score (nSPS) is 13.4. The first-order valence-corrected chi connectivity index (χ1v) is 4.50. The van der Waals surface area contributed by atoms with E-state index in [9.17, 15) is 5.11 Å². The number of aromatic amines is 1.